The number of hydrogen-bond donors (Lipinski definition) is 4. The molecule has 71 heavy (non-hydrogen) atoms. The lowest BCUT2D eigenvalue weighted by Gasteiger charge is -2.16. The number of nitrogens with one attached hydrogen (secondary N) is 4. The number of furan rings is 2. The van der Waals surface area contributed by atoms with E-state index in [-0.39, 0.29) is 69.7 Å². The Kier molecular flexibility index (Phi) is 12.3. The highest BCUT2D eigenvalue weighted by molar-refractivity contribution is 7.93. The molecular weight excluding hydrogens is 1050 g/mol. The highest BCUT2D eigenvalue weighted by atomic mass is 35.5. The van der Waals surface area contributed by atoms with Crippen LogP contribution < -0.4 is 18.9 Å². The fourth-order valence-electron chi connectivity index (χ4n) is 7.83. The van der Waals surface area contributed by atoms with Gasteiger partial charge in [0.25, 0.3) is 40.1 Å². The molecule has 0 radical (unpaired) electrons. The van der Waals surface area contributed by atoms with E-state index in [1.54, 1.807) is 66.7 Å². The van der Waals surface area contributed by atoms with E-state index >= 15 is 0 Å². The molecule has 0 saturated carbocycles. The summed E-state index contributed by atoms with van der Waals surface area (Å²) in [4.78, 5) is -0.327. The Bertz CT molecular complexity index is 4210. The Balaban J connectivity index is 0.957. The highest BCUT2D eigenvalue weighted by Crippen LogP contribution is 2.43. The van der Waals surface area contributed by atoms with Crippen LogP contribution in [0.4, 0.5) is 22.7 Å². The summed E-state index contributed by atoms with van der Waals surface area (Å²) in [6.45, 7) is 0. The molecular formula is C50H33Cl3N4O10S4. The molecule has 8 aromatic carbocycles. The number of halogens is 3. The molecule has 10 aromatic rings. The van der Waals surface area contributed by atoms with Gasteiger partial charge in [-0.1, -0.05) is 120 Å². The molecule has 0 amide bonds. The second-order valence-corrected chi connectivity index (χ2v) is 23.7. The third-order valence-corrected chi connectivity index (χ3v) is 17.1. The average molecular weight is 1080 g/mol. The maximum absolute atomic E-state index is 14.6. The summed E-state index contributed by atoms with van der Waals surface area (Å²) in [7, 11) is -17.8. The quantitative estimate of drug-likeness (QED) is 0.0809. The number of hydrogen-bond acceptors (Lipinski definition) is 10. The van der Waals surface area contributed by atoms with E-state index < -0.39 is 50.3 Å². The zero-order chi connectivity index (χ0) is 49.9. The lowest BCUT2D eigenvalue weighted by Crippen LogP contribution is -2.18. The maximum Gasteiger partial charge on any atom is 0.296 e. The smallest absolute Gasteiger partial charge is 0.296 e. The van der Waals surface area contributed by atoms with Crippen molar-refractivity contribution in [3.8, 4) is 22.3 Å². The van der Waals surface area contributed by atoms with E-state index in [9.17, 15) is 33.7 Å². The van der Waals surface area contributed by atoms with E-state index in [1.165, 1.54) is 78.9 Å². The molecule has 0 aliphatic carbocycles. The van der Waals surface area contributed by atoms with Gasteiger partial charge in [-0.3, -0.25) is 18.9 Å². The van der Waals surface area contributed by atoms with Gasteiger partial charge >= 0.3 is 0 Å². The predicted molar refractivity (Wildman–Crippen MR) is 278 cm³/mol. The molecule has 0 spiro atoms. The molecule has 14 nitrogen and oxygen atoms in total. The standard InChI is InChI=1S/C50H33Cl3N4O10S4/c51-35-18-21-42(44(27-35)56-70(62,63)48-26-33-11-4-6-15-46(33)66-48)55-69(60,61)38-20-17-32-23-34(25-41(53)40(32)29-38)49-39-14-5-7-16-47(39)67-50(49)71(64,65)57-45-28-36(52)19-22-43(45)54-68(58,59)37-13-8-12-31(24-37)30-9-2-1-3-10-30/h1-29,54-57H. The fourth-order valence-corrected chi connectivity index (χ4v) is 13.0. The van der Waals surface area contributed by atoms with Crippen LogP contribution in [0.3, 0.4) is 0 Å². The number of sulfonamides is 4. The van der Waals surface area contributed by atoms with Gasteiger partial charge in [0.1, 0.15) is 11.2 Å². The van der Waals surface area contributed by atoms with E-state index in [4.69, 9.17) is 43.6 Å². The van der Waals surface area contributed by atoms with E-state index in [0.29, 0.717) is 27.3 Å². The van der Waals surface area contributed by atoms with Crippen molar-refractivity contribution in [3.05, 3.63) is 191 Å². The Morgan fingerprint density at radius 1 is 0.366 bits per heavy atom. The van der Waals surface area contributed by atoms with Crippen LogP contribution in [0.5, 0.6) is 0 Å². The van der Waals surface area contributed by atoms with Crippen LogP contribution in [0, 0.1) is 0 Å². The molecule has 4 N–H and O–H groups in total. The van der Waals surface area contributed by atoms with E-state index in [2.05, 4.69) is 18.9 Å². The molecule has 10 rings (SSSR count). The van der Waals surface area contributed by atoms with E-state index in [0.717, 1.165) is 5.56 Å². The average Bonchev–Trinajstić information content (AvgIpc) is 3.97. The molecule has 0 saturated heterocycles. The van der Waals surface area contributed by atoms with Crippen molar-refractivity contribution in [1.82, 2.24) is 0 Å². The molecule has 0 fully saturated rings. The van der Waals surface area contributed by atoms with Gasteiger partial charge in [0.2, 0.25) is 10.2 Å². The first-order chi connectivity index (χ1) is 33.8. The van der Waals surface area contributed by atoms with Crippen molar-refractivity contribution in [2.24, 2.45) is 0 Å². The van der Waals surface area contributed by atoms with Crippen molar-refractivity contribution >= 4 is 130 Å². The molecule has 0 aliphatic rings. The number of rotatable bonds is 14. The topological polar surface area (TPSA) is 211 Å². The van der Waals surface area contributed by atoms with E-state index in [1.807, 2.05) is 30.3 Å². The van der Waals surface area contributed by atoms with Gasteiger partial charge in [0.15, 0.2) is 0 Å². The van der Waals surface area contributed by atoms with Gasteiger partial charge in [0.05, 0.1) is 32.5 Å². The highest BCUT2D eigenvalue weighted by Gasteiger charge is 2.30. The lowest BCUT2D eigenvalue weighted by atomic mass is 10.0. The summed E-state index contributed by atoms with van der Waals surface area (Å²) in [5.74, 6) is 0. The largest absolute Gasteiger partial charge is 0.443 e. The SMILES string of the molecule is O=S(=O)(Nc1ccc(Cl)cc1NS(=O)(=O)c1cc2ccccc2o1)c1ccc2cc(-c3c(S(=O)(=O)Nc4cc(Cl)ccc4NS(=O)(=O)c4cccc(-c5ccccc5)c4)oc4ccccc34)cc(Cl)c2c1. The summed E-state index contributed by atoms with van der Waals surface area (Å²) in [6, 6.07) is 45.1. The van der Waals surface area contributed by atoms with Crippen LogP contribution in [-0.2, 0) is 40.1 Å². The molecule has 0 atom stereocenters. The lowest BCUT2D eigenvalue weighted by molar-refractivity contribution is 0.484. The third-order valence-electron chi connectivity index (χ3n) is 11.1. The molecule has 21 heteroatoms. The predicted octanol–water partition coefficient (Wildman–Crippen LogP) is 12.8. The Labute approximate surface area is 422 Å². The van der Waals surface area contributed by atoms with Crippen molar-refractivity contribution in [2.75, 3.05) is 18.9 Å². The number of anilines is 4. The molecule has 2 aromatic heterocycles. The maximum atomic E-state index is 14.6. The van der Waals surface area contributed by atoms with Crippen molar-refractivity contribution in [2.45, 2.75) is 20.0 Å². The van der Waals surface area contributed by atoms with Crippen LogP contribution in [-0.4, -0.2) is 33.7 Å². The van der Waals surface area contributed by atoms with Crippen molar-refractivity contribution in [3.63, 3.8) is 0 Å². The number of para-hydroxylation sites is 2. The number of fused-ring (bicyclic) bond motifs is 3. The second-order valence-electron chi connectivity index (χ2n) is 15.9. The summed E-state index contributed by atoms with van der Waals surface area (Å²) in [5, 5.41) is 0.877. The summed E-state index contributed by atoms with van der Waals surface area (Å²) in [5.41, 5.74) is 1.65. The Hall–Kier alpha value is -7.03. The summed E-state index contributed by atoms with van der Waals surface area (Å²) >= 11 is 19.5. The first-order valence-corrected chi connectivity index (χ1v) is 28.0. The Morgan fingerprint density at radius 2 is 0.944 bits per heavy atom. The van der Waals surface area contributed by atoms with Crippen LogP contribution in [0.1, 0.15) is 0 Å². The zero-order valence-corrected chi connectivity index (χ0v) is 41.6. The summed E-state index contributed by atoms with van der Waals surface area (Å²) in [6.07, 6.45) is 0. The molecule has 0 aliphatic heterocycles. The summed E-state index contributed by atoms with van der Waals surface area (Å²) < 4.78 is 133. The minimum absolute atomic E-state index is 0.0322. The molecule has 0 unspecified atom stereocenters. The van der Waals surface area contributed by atoms with Crippen molar-refractivity contribution in [1.29, 1.82) is 0 Å². The zero-order valence-electron chi connectivity index (χ0n) is 36.1. The normalized spacial score (nSPS) is 12.3. The van der Waals surface area contributed by atoms with Crippen LogP contribution in [0.15, 0.2) is 205 Å². The minimum atomic E-state index is -4.72. The van der Waals surface area contributed by atoms with Gasteiger partial charge in [-0.15, -0.1) is 0 Å². The van der Waals surface area contributed by atoms with Crippen LogP contribution in [0.2, 0.25) is 15.1 Å². The molecule has 2 heterocycles. The number of benzene rings is 8. The van der Waals surface area contributed by atoms with Gasteiger partial charge in [0, 0.05) is 42.9 Å². The van der Waals surface area contributed by atoms with Crippen molar-refractivity contribution < 1.29 is 42.5 Å². The minimum Gasteiger partial charge on any atom is -0.443 e. The van der Waals surface area contributed by atoms with Crippen LogP contribution in [0.25, 0.3) is 55.0 Å². The first-order valence-electron chi connectivity index (χ1n) is 20.9. The van der Waals surface area contributed by atoms with Gasteiger partial charge in [-0.2, -0.15) is 16.8 Å². The monoisotopic (exact) mass is 1080 g/mol. The second kappa shape index (κ2) is 18.3. The third kappa shape index (κ3) is 9.62. The van der Waals surface area contributed by atoms with Gasteiger partial charge < -0.3 is 8.83 Å². The first kappa shape index (κ1) is 47.6. The van der Waals surface area contributed by atoms with Crippen LogP contribution >= 0.6 is 34.8 Å². The molecule has 358 valence electrons. The molecule has 0 bridgehead atoms. The van der Waals surface area contributed by atoms with Gasteiger partial charge in [-0.25, -0.2) is 16.8 Å². The van der Waals surface area contributed by atoms with Gasteiger partial charge in [-0.05, 0) is 107 Å². The Morgan fingerprint density at radius 3 is 1.62 bits per heavy atom. The fraction of sp³-hybridized carbons (Fsp3) is 0.